The molecule has 2 heterocycles. The van der Waals surface area contributed by atoms with Gasteiger partial charge in [0.1, 0.15) is 10.7 Å². The molecule has 0 unspecified atom stereocenters. The molecule has 0 radical (unpaired) electrons. The molecule has 0 aliphatic carbocycles. The highest BCUT2D eigenvalue weighted by atomic mass is 32.1. The van der Waals surface area contributed by atoms with Crippen molar-refractivity contribution < 1.29 is 4.79 Å². The Kier molecular flexibility index (Phi) is 4.41. The van der Waals surface area contributed by atoms with Crippen molar-refractivity contribution >= 4 is 39.6 Å². The lowest BCUT2D eigenvalue weighted by atomic mass is 10.2. The zero-order chi connectivity index (χ0) is 14.7. The highest BCUT2D eigenvalue weighted by Gasteiger charge is 2.11. The molecule has 5 nitrogen and oxygen atoms in total. The number of thiazole rings is 1. The molecule has 2 rings (SSSR count). The minimum absolute atomic E-state index is 0.256. The average molecular weight is 306 g/mol. The molecule has 0 aliphatic rings. The number of nitrogens with one attached hydrogen (secondary N) is 1. The van der Waals surface area contributed by atoms with Crippen LogP contribution < -0.4 is 11.1 Å². The van der Waals surface area contributed by atoms with E-state index in [2.05, 4.69) is 29.1 Å². The third-order valence-electron chi connectivity index (χ3n) is 2.61. The molecule has 0 aliphatic heterocycles. The van der Waals surface area contributed by atoms with E-state index in [-0.39, 0.29) is 10.9 Å². The van der Waals surface area contributed by atoms with E-state index in [0.717, 1.165) is 5.69 Å². The zero-order valence-electron chi connectivity index (χ0n) is 11.1. The number of rotatable bonds is 4. The molecule has 1 amide bonds. The molecule has 0 atom stereocenters. The minimum atomic E-state index is -0.302. The fourth-order valence-corrected chi connectivity index (χ4v) is 2.43. The van der Waals surface area contributed by atoms with Crippen LogP contribution in [-0.4, -0.2) is 20.9 Å². The van der Waals surface area contributed by atoms with E-state index in [1.807, 2.05) is 5.38 Å². The largest absolute Gasteiger partial charge is 0.389 e. The second kappa shape index (κ2) is 6.06. The molecule has 0 saturated carbocycles. The molecule has 3 N–H and O–H groups in total. The number of anilines is 1. The lowest BCUT2D eigenvalue weighted by molar-refractivity contribution is 0.102. The van der Waals surface area contributed by atoms with Crippen molar-refractivity contribution in [1.82, 2.24) is 9.97 Å². The molecular weight excluding hydrogens is 292 g/mol. The number of aromatic nitrogens is 2. The van der Waals surface area contributed by atoms with E-state index in [1.54, 1.807) is 12.1 Å². The standard InChI is InChI=1S/C13H14N4OS2/c1-7(2)10-6-20-13(16-10)17-12(18)9-4-3-8(5-15-9)11(14)19/h3-7H,1-2H3,(H2,14,19)(H,16,17,18). The maximum absolute atomic E-state index is 12.0. The van der Waals surface area contributed by atoms with Crippen LogP contribution in [0.2, 0.25) is 0 Å². The summed E-state index contributed by atoms with van der Waals surface area (Å²) in [5.74, 6) is 0.0315. The predicted molar refractivity (Wildman–Crippen MR) is 84.3 cm³/mol. The first-order valence-corrected chi connectivity index (χ1v) is 7.29. The Balaban J connectivity index is 2.09. The summed E-state index contributed by atoms with van der Waals surface area (Å²) in [6.07, 6.45) is 1.48. The van der Waals surface area contributed by atoms with Gasteiger partial charge in [0.15, 0.2) is 5.13 Å². The summed E-state index contributed by atoms with van der Waals surface area (Å²) in [5.41, 5.74) is 7.37. The topological polar surface area (TPSA) is 80.9 Å². The van der Waals surface area contributed by atoms with Gasteiger partial charge in [-0.25, -0.2) is 4.98 Å². The van der Waals surface area contributed by atoms with Gasteiger partial charge < -0.3 is 5.73 Å². The summed E-state index contributed by atoms with van der Waals surface area (Å²) in [4.78, 5) is 20.6. The second-order valence-electron chi connectivity index (χ2n) is 4.48. The normalized spacial score (nSPS) is 10.6. The van der Waals surface area contributed by atoms with Crippen molar-refractivity contribution in [2.24, 2.45) is 5.73 Å². The Morgan fingerprint density at radius 3 is 2.70 bits per heavy atom. The van der Waals surface area contributed by atoms with Gasteiger partial charge in [0.05, 0.1) is 5.69 Å². The Labute approximate surface area is 126 Å². The summed E-state index contributed by atoms with van der Waals surface area (Å²) < 4.78 is 0. The number of nitrogens with two attached hydrogens (primary N) is 1. The van der Waals surface area contributed by atoms with Gasteiger partial charge in [-0.2, -0.15) is 0 Å². The Bertz CT molecular complexity index is 634. The molecule has 7 heteroatoms. The number of pyridine rings is 1. The van der Waals surface area contributed by atoms with Gasteiger partial charge in [-0.05, 0) is 18.1 Å². The highest BCUT2D eigenvalue weighted by molar-refractivity contribution is 7.80. The number of carbonyl (C=O) groups excluding carboxylic acids is 1. The van der Waals surface area contributed by atoms with Gasteiger partial charge in [0.25, 0.3) is 5.91 Å². The van der Waals surface area contributed by atoms with Gasteiger partial charge in [-0.1, -0.05) is 26.1 Å². The van der Waals surface area contributed by atoms with Crippen molar-refractivity contribution in [3.63, 3.8) is 0 Å². The maximum atomic E-state index is 12.0. The van der Waals surface area contributed by atoms with Crippen LogP contribution in [0.5, 0.6) is 0 Å². The third kappa shape index (κ3) is 3.37. The van der Waals surface area contributed by atoms with Crippen molar-refractivity contribution in [2.75, 3.05) is 5.32 Å². The number of hydrogen-bond acceptors (Lipinski definition) is 5. The first-order valence-electron chi connectivity index (χ1n) is 6.00. The first kappa shape index (κ1) is 14.5. The molecule has 0 aromatic carbocycles. The fourth-order valence-electron chi connectivity index (χ4n) is 1.44. The average Bonchev–Trinajstić information content (AvgIpc) is 2.87. The van der Waals surface area contributed by atoms with Crippen LogP contribution in [-0.2, 0) is 0 Å². The third-order valence-corrected chi connectivity index (χ3v) is 3.63. The molecule has 0 saturated heterocycles. The van der Waals surface area contributed by atoms with Crippen LogP contribution in [0.25, 0.3) is 0 Å². The Morgan fingerprint density at radius 2 is 2.20 bits per heavy atom. The molecule has 104 valence electrons. The van der Waals surface area contributed by atoms with E-state index in [4.69, 9.17) is 18.0 Å². The molecular formula is C13H14N4OS2. The number of nitrogens with zero attached hydrogens (tertiary/aromatic N) is 2. The molecule has 0 spiro atoms. The SMILES string of the molecule is CC(C)c1csc(NC(=O)c2ccc(C(N)=S)cn2)n1. The maximum Gasteiger partial charge on any atom is 0.276 e. The van der Waals surface area contributed by atoms with Gasteiger partial charge in [-0.3, -0.25) is 15.1 Å². The van der Waals surface area contributed by atoms with Crippen LogP contribution in [0.3, 0.4) is 0 Å². The van der Waals surface area contributed by atoms with Crippen molar-refractivity contribution in [3.05, 3.63) is 40.7 Å². The van der Waals surface area contributed by atoms with Crippen LogP contribution in [0.4, 0.5) is 5.13 Å². The van der Waals surface area contributed by atoms with Crippen LogP contribution in [0, 0.1) is 0 Å². The monoisotopic (exact) mass is 306 g/mol. The summed E-state index contributed by atoms with van der Waals surface area (Å²) in [5, 5.41) is 5.23. The van der Waals surface area contributed by atoms with Crippen molar-refractivity contribution in [1.29, 1.82) is 0 Å². The van der Waals surface area contributed by atoms with Gasteiger partial charge in [-0.15, -0.1) is 11.3 Å². The molecule has 20 heavy (non-hydrogen) atoms. The Hall–Kier alpha value is -1.86. The number of amides is 1. The Morgan fingerprint density at radius 1 is 1.45 bits per heavy atom. The summed E-state index contributed by atoms with van der Waals surface area (Å²) in [6, 6.07) is 3.26. The zero-order valence-corrected chi connectivity index (χ0v) is 12.7. The van der Waals surface area contributed by atoms with Crippen molar-refractivity contribution in [3.8, 4) is 0 Å². The molecule has 2 aromatic rings. The summed E-state index contributed by atoms with van der Waals surface area (Å²) >= 11 is 6.23. The van der Waals surface area contributed by atoms with E-state index >= 15 is 0 Å². The lowest BCUT2D eigenvalue weighted by Crippen LogP contribution is -2.15. The quantitative estimate of drug-likeness (QED) is 0.848. The molecule has 0 fully saturated rings. The van der Waals surface area contributed by atoms with Crippen LogP contribution in [0.15, 0.2) is 23.7 Å². The summed E-state index contributed by atoms with van der Waals surface area (Å²) in [7, 11) is 0. The van der Waals surface area contributed by atoms with Gasteiger partial charge in [0.2, 0.25) is 0 Å². The van der Waals surface area contributed by atoms with Crippen LogP contribution >= 0.6 is 23.6 Å². The van der Waals surface area contributed by atoms with E-state index in [9.17, 15) is 4.79 Å². The molecule has 2 aromatic heterocycles. The smallest absolute Gasteiger partial charge is 0.276 e. The van der Waals surface area contributed by atoms with E-state index < -0.39 is 0 Å². The second-order valence-corrected chi connectivity index (χ2v) is 5.78. The van der Waals surface area contributed by atoms with Crippen LogP contribution in [0.1, 0.15) is 41.5 Å². The minimum Gasteiger partial charge on any atom is -0.389 e. The lowest BCUT2D eigenvalue weighted by Gasteiger charge is -2.02. The predicted octanol–water partition coefficient (Wildman–Crippen LogP) is 2.55. The van der Waals surface area contributed by atoms with Gasteiger partial charge >= 0.3 is 0 Å². The number of thiocarbonyl (C=S) groups is 1. The van der Waals surface area contributed by atoms with Crippen molar-refractivity contribution in [2.45, 2.75) is 19.8 Å². The fraction of sp³-hybridized carbons (Fsp3) is 0.231. The highest BCUT2D eigenvalue weighted by Crippen LogP contribution is 2.21. The molecule has 0 bridgehead atoms. The first-order chi connectivity index (χ1) is 9.47. The van der Waals surface area contributed by atoms with E-state index in [0.29, 0.717) is 22.3 Å². The van der Waals surface area contributed by atoms with E-state index in [1.165, 1.54) is 17.5 Å². The van der Waals surface area contributed by atoms with Gasteiger partial charge in [0, 0.05) is 17.1 Å². The summed E-state index contributed by atoms with van der Waals surface area (Å²) in [6.45, 7) is 4.10. The number of hydrogen-bond donors (Lipinski definition) is 2. The number of carbonyl (C=O) groups is 1.